The minimum absolute atomic E-state index is 0.0701. The first-order chi connectivity index (χ1) is 19.9. The van der Waals surface area contributed by atoms with Gasteiger partial charge in [-0.1, -0.05) is 24.3 Å². The number of fused-ring (bicyclic) bond motifs is 1. The highest BCUT2D eigenvalue weighted by Gasteiger charge is 2.19. The van der Waals surface area contributed by atoms with Crippen molar-refractivity contribution in [2.45, 2.75) is 19.6 Å². The fourth-order valence-corrected chi connectivity index (χ4v) is 4.57. The standard InChI is InChI=1S/C31H24F2N4O4/c1-40-13-12-37-27-6-2-4-24(31(38)39)29(27)36-28(37)16-21-10-9-20(15-26(21)33)23-5-3-11-35-30(23)41-18-22-8-7-19(17-34)14-25(22)32/h2-11,14-15H,12-13,16,18H2,1H3,(H,38,39). The Bertz CT molecular complexity index is 1800. The van der Waals surface area contributed by atoms with Crippen LogP contribution in [-0.2, 0) is 24.3 Å². The van der Waals surface area contributed by atoms with Gasteiger partial charge in [-0.2, -0.15) is 5.26 Å². The quantitative estimate of drug-likeness (QED) is 0.234. The van der Waals surface area contributed by atoms with Crippen molar-refractivity contribution in [3.05, 3.63) is 113 Å². The van der Waals surface area contributed by atoms with Crippen molar-refractivity contribution in [1.82, 2.24) is 14.5 Å². The van der Waals surface area contributed by atoms with Crippen LogP contribution in [0.25, 0.3) is 22.2 Å². The predicted octanol–water partition coefficient (Wildman–Crippen LogP) is 5.76. The molecule has 0 aliphatic rings. The van der Waals surface area contributed by atoms with Gasteiger partial charge in [-0.25, -0.2) is 23.5 Å². The van der Waals surface area contributed by atoms with Crippen LogP contribution in [0.2, 0.25) is 0 Å². The molecule has 0 atom stereocenters. The minimum Gasteiger partial charge on any atom is -0.478 e. The van der Waals surface area contributed by atoms with Crippen molar-refractivity contribution in [2.24, 2.45) is 0 Å². The fourth-order valence-electron chi connectivity index (χ4n) is 4.57. The molecule has 2 aromatic heterocycles. The summed E-state index contributed by atoms with van der Waals surface area (Å²) in [6, 6.07) is 19.1. The Hall–Kier alpha value is -5.14. The maximum absolute atomic E-state index is 15.5. The van der Waals surface area contributed by atoms with Gasteiger partial charge in [-0.05, 0) is 53.6 Å². The van der Waals surface area contributed by atoms with Gasteiger partial charge in [0.1, 0.15) is 29.6 Å². The van der Waals surface area contributed by atoms with Crippen LogP contribution in [-0.4, -0.2) is 39.3 Å². The Morgan fingerprint density at radius 1 is 1.05 bits per heavy atom. The van der Waals surface area contributed by atoms with Gasteiger partial charge in [0.05, 0.1) is 29.3 Å². The van der Waals surface area contributed by atoms with E-state index in [1.54, 1.807) is 43.5 Å². The van der Waals surface area contributed by atoms with Crippen LogP contribution >= 0.6 is 0 Å². The molecule has 206 valence electrons. The summed E-state index contributed by atoms with van der Waals surface area (Å²) in [5.74, 6) is -1.44. The van der Waals surface area contributed by atoms with Crippen LogP contribution in [0.15, 0.2) is 72.9 Å². The number of rotatable bonds is 10. The van der Waals surface area contributed by atoms with E-state index in [1.165, 1.54) is 30.5 Å². The predicted molar refractivity (Wildman–Crippen MR) is 146 cm³/mol. The SMILES string of the molecule is COCCn1c(Cc2ccc(-c3cccnc3OCc3ccc(C#N)cc3F)cc2F)nc2c(C(=O)O)cccc21. The molecular weight excluding hydrogens is 530 g/mol. The highest BCUT2D eigenvalue weighted by atomic mass is 19.1. The van der Waals surface area contributed by atoms with E-state index in [2.05, 4.69) is 9.97 Å². The van der Waals surface area contributed by atoms with Crippen molar-refractivity contribution in [3.8, 4) is 23.1 Å². The van der Waals surface area contributed by atoms with Crippen LogP contribution in [0.5, 0.6) is 5.88 Å². The summed E-state index contributed by atoms with van der Waals surface area (Å²) < 4.78 is 42.7. The van der Waals surface area contributed by atoms with Crippen LogP contribution in [0.4, 0.5) is 8.78 Å². The summed E-state index contributed by atoms with van der Waals surface area (Å²) in [6.45, 7) is 0.660. The normalized spacial score (nSPS) is 11.0. The van der Waals surface area contributed by atoms with Crippen molar-refractivity contribution in [1.29, 1.82) is 5.26 Å². The molecule has 5 aromatic rings. The van der Waals surface area contributed by atoms with Crippen LogP contribution in [0, 0.1) is 23.0 Å². The Balaban J connectivity index is 1.43. The number of carboxylic acids is 1. The first kappa shape index (κ1) is 27.4. The number of hydrogen-bond acceptors (Lipinski definition) is 6. The summed E-state index contributed by atoms with van der Waals surface area (Å²) in [4.78, 5) is 20.6. The number of para-hydroxylation sites is 1. The molecule has 0 radical (unpaired) electrons. The summed E-state index contributed by atoms with van der Waals surface area (Å²) >= 11 is 0. The Kier molecular flexibility index (Phi) is 7.99. The average Bonchev–Trinajstić information content (AvgIpc) is 3.33. The Morgan fingerprint density at radius 3 is 2.59 bits per heavy atom. The summed E-state index contributed by atoms with van der Waals surface area (Å²) in [6.07, 6.45) is 1.65. The third-order valence-electron chi connectivity index (χ3n) is 6.64. The van der Waals surface area contributed by atoms with Crippen molar-refractivity contribution >= 4 is 17.0 Å². The van der Waals surface area contributed by atoms with E-state index in [1.807, 2.05) is 10.6 Å². The number of aromatic nitrogens is 3. The largest absolute Gasteiger partial charge is 0.478 e. The monoisotopic (exact) mass is 554 g/mol. The van der Waals surface area contributed by atoms with Gasteiger partial charge in [0.25, 0.3) is 0 Å². The maximum Gasteiger partial charge on any atom is 0.337 e. The lowest BCUT2D eigenvalue weighted by atomic mass is 10.0. The lowest BCUT2D eigenvalue weighted by Crippen LogP contribution is -2.09. The number of halogens is 2. The molecule has 41 heavy (non-hydrogen) atoms. The third-order valence-corrected chi connectivity index (χ3v) is 6.64. The molecule has 0 unspecified atom stereocenters. The first-order valence-electron chi connectivity index (χ1n) is 12.6. The van der Waals surface area contributed by atoms with Gasteiger partial charge in [0.2, 0.25) is 5.88 Å². The number of nitriles is 1. The third kappa shape index (κ3) is 5.76. The van der Waals surface area contributed by atoms with Gasteiger partial charge < -0.3 is 19.1 Å². The smallest absolute Gasteiger partial charge is 0.337 e. The first-order valence-corrected chi connectivity index (χ1v) is 12.6. The zero-order valence-electron chi connectivity index (χ0n) is 22.0. The number of ether oxygens (including phenoxy) is 2. The van der Waals surface area contributed by atoms with E-state index in [4.69, 9.17) is 14.7 Å². The fraction of sp³-hybridized carbons (Fsp3) is 0.161. The lowest BCUT2D eigenvalue weighted by Gasteiger charge is -2.13. The molecular formula is C31H24F2N4O4. The van der Waals surface area contributed by atoms with Crippen molar-refractivity contribution < 1.29 is 28.2 Å². The van der Waals surface area contributed by atoms with Crippen LogP contribution in [0.1, 0.15) is 32.9 Å². The number of aromatic carboxylic acids is 1. The van der Waals surface area contributed by atoms with Gasteiger partial charge in [0, 0.05) is 37.4 Å². The molecule has 2 heterocycles. The lowest BCUT2D eigenvalue weighted by molar-refractivity contribution is 0.0699. The second kappa shape index (κ2) is 11.9. The minimum atomic E-state index is -1.09. The highest BCUT2D eigenvalue weighted by molar-refractivity contribution is 6.01. The zero-order chi connectivity index (χ0) is 28.9. The molecule has 0 bridgehead atoms. The Labute approximate surface area is 234 Å². The average molecular weight is 555 g/mol. The number of hydrogen-bond donors (Lipinski definition) is 1. The molecule has 1 N–H and O–H groups in total. The molecule has 0 fully saturated rings. The van der Waals surface area contributed by atoms with Gasteiger partial charge in [0.15, 0.2) is 0 Å². The molecule has 0 spiro atoms. The molecule has 8 nitrogen and oxygen atoms in total. The number of benzene rings is 3. The van der Waals surface area contributed by atoms with Gasteiger partial charge in [-0.15, -0.1) is 0 Å². The summed E-state index contributed by atoms with van der Waals surface area (Å²) in [5.41, 5.74) is 2.89. The summed E-state index contributed by atoms with van der Waals surface area (Å²) in [7, 11) is 1.57. The maximum atomic E-state index is 15.5. The number of carboxylic acid groups (broad SMARTS) is 1. The number of imidazole rings is 1. The van der Waals surface area contributed by atoms with E-state index in [0.29, 0.717) is 46.7 Å². The Morgan fingerprint density at radius 2 is 1.85 bits per heavy atom. The van der Waals surface area contributed by atoms with Crippen molar-refractivity contribution in [3.63, 3.8) is 0 Å². The molecule has 3 aromatic carbocycles. The van der Waals surface area contributed by atoms with Crippen LogP contribution < -0.4 is 4.74 Å². The number of methoxy groups -OCH3 is 1. The summed E-state index contributed by atoms with van der Waals surface area (Å²) in [5, 5.41) is 18.6. The molecule has 0 aliphatic heterocycles. The molecule has 0 aliphatic carbocycles. The number of nitrogens with zero attached hydrogens (tertiary/aromatic N) is 4. The molecule has 0 saturated heterocycles. The number of carbonyl (C=O) groups is 1. The highest BCUT2D eigenvalue weighted by Crippen LogP contribution is 2.31. The van der Waals surface area contributed by atoms with Crippen LogP contribution in [0.3, 0.4) is 0 Å². The molecule has 10 heteroatoms. The van der Waals surface area contributed by atoms with Crippen molar-refractivity contribution in [2.75, 3.05) is 13.7 Å². The number of pyridine rings is 1. The van der Waals surface area contributed by atoms with Gasteiger partial charge in [-0.3, -0.25) is 0 Å². The van der Waals surface area contributed by atoms with E-state index >= 15 is 4.39 Å². The zero-order valence-corrected chi connectivity index (χ0v) is 22.0. The second-order valence-electron chi connectivity index (χ2n) is 9.20. The van der Waals surface area contributed by atoms with Gasteiger partial charge >= 0.3 is 5.97 Å². The van der Waals surface area contributed by atoms with E-state index < -0.39 is 17.6 Å². The van der Waals surface area contributed by atoms with E-state index in [0.717, 1.165) is 6.07 Å². The molecule has 0 amide bonds. The van der Waals surface area contributed by atoms with E-state index in [-0.39, 0.29) is 35.6 Å². The molecule has 5 rings (SSSR count). The van der Waals surface area contributed by atoms with E-state index in [9.17, 15) is 14.3 Å². The molecule has 0 saturated carbocycles. The second-order valence-corrected chi connectivity index (χ2v) is 9.20. The topological polar surface area (TPSA) is 110 Å².